The van der Waals surface area contributed by atoms with E-state index in [4.69, 9.17) is 10.5 Å². The molecule has 18 heavy (non-hydrogen) atoms. The average molecular weight is 258 g/mol. The zero-order valence-corrected chi connectivity index (χ0v) is 13.0. The van der Waals surface area contributed by atoms with Crippen LogP contribution in [0.4, 0.5) is 0 Å². The van der Waals surface area contributed by atoms with Crippen LogP contribution in [0.1, 0.15) is 54.9 Å². The van der Waals surface area contributed by atoms with Gasteiger partial charge in [0, 0.05) is 11.6 Å². The van der Waals surface area contributed by atoms with Crippen molar-refractivity contribution in [1.82, 2.24) is 5.32 Å². The lowest BCUT2D eigenvalue weighted by Gasteiger charge is -2.30. The van der Waals surface area contributed by atoms with Crippen molar-refractivity contribution in [3.05, 3.63) is 0 Å². The number of nitrogens with two attached hydrogens (primary N) is 1. The van der Waals surface area contributed by atoms with E-state index < -0.39 is 5.60 Å². The Morgan fingerprint density at radius 1 is 1.22 bits per heavy atom. The molecular weight excluding hydrogens is 228 g/mol. The van der Waals surface area contributed by atoms with Gasteiger partial charge in [0.15, 0.2) is 0 Å². The molecule has 3 N–H and O–H groups in total. The number of amides is 1. The van der Waals surface area contributed by atoms with Crippen LogP contribution in [0.25, 0.3) is 0 Å². The summed E-state index contributed by atoms with van der Waals surface area (Å²) in [5, 5.41) is 2.98. The van der Waals surface area contributed by atoms with E-state index in [0.29, 0.717) is 18.9 Å². The van der Waals surface area contributed by atoms with E-state index in [1.807, 2.05) is 34.6 Å². The smallest absolute Gasteiger partial charge is 0.223 e. The average Bonchev–Trinajstić information content (AvgIpc) is 2.12. The molecule has 0 radical (unpaired) electrons. The normalized spacial score (nSPS) is 14.7. The third kappa shape index (κ3) is 8.48. The summed E-state index contributed by atoms with van der Waals surface area (Å²) in [4.78, 5) is 11.9. The van der Waals surface area contributed by atoms with Crippen LogP contribution in [-0.2, 0) is 9.53 Å². The zero-order valence-electron chi connectivity index (χ0n) is 13.0. The lowest BCUT2D eigenvalue weighted by atomic mass is 10.0. The molecule has 0 aromatic rings. The van der Waals surface area contributed by atoms with Crippen LogP contribution < -0.4 is 11.1 Å². The van der Waals surface area contributed by atoms with Gasteiger partial charge in [-0.15, -0.1) is 0 Å². The molecule has 0 aliphatic rings. The minimum atomic E-state index is -0.489. The molecule has 108 valence electrons. The van der Waals surface area contributed by atoms with Gasteiger partial charge in [0.2, 0.25) is 5.91 Å². The summed E-state index contributed by atoms with van der Waals surface area (Å²) in [5.41, 5.74) is 5.00. The topological polar surface area (TPSA) is 64.3 Å². The summed E-state index contributed by atoms with van der Waals surface area (Å²) < 4.78 is 5.72. The maximum atomic E-state index is 11.9. The number of carbonyl (C=O) groups excluding carboxylic acids is 1. The number of hydrogen-bond donors (Lipinski definition) is 2. The number of nitrogens with one attached hydrogen (secondary N) is 1. The van der Waals surface area contributed by atoms with Gasteiger partial charge in [-0.2, -0.15) is 0 Å². The quantitative estimate of drug-likeness (QED) is 0.734. The summed E-state index contributed by atoms with van der Waals surface area (Å²) in [6.07, 6.45) is 0.347. The fourth-order valence-electron chi connectivity index (χ4n) is 1.29. The minimum Gasteiger partial charge on any atom is -0.373 e. The second-order valence-corrected chi connectivity index (χ2v) is 6.81. The van der Waals surface area contributed by atoms with Crippen LogP contribution in [0.15, 0.2) is 0 Å². The van der Waals surface area contributed by atoms with Gasteiger partial charge in [0.1, 0.15) is 0 Å². The van der Waals surface area contributed by atoms with E-state index in [9.17, 15) is 4.79 Å². The van der Waals surface area contributed by atoms with E-state index in [-0.39, 0.29) is 17.5 Å². The van der Waals surface area contributed by atoms with Crippen LogP contribution in [-0.4, -0.2) is 29.7 Å². The molecule has 0 heterocycles. The minimum absolute atomic E-state index is 0.0241. The van der Waals surface area contributed by atoms with Crippen molar-refractivity contribution in [2.24, 2.45) is 11.7 Å². The molecule has 4 heteroatoms. The molecule has 0 saturated carbocycles. The van der Waals surface area contributed by atoms with Crippen molar-refractivity contribution in [3.8, 4) is 0 Å². The van der Waals surface area contributed by atoms with E-state index in [1.54, 1.807) is 0 Å². The van der Waals surface area contributed by atoms with Gasteiger partial charge in [0.25, 0.3) is 0 Å². The van der Waals surface area contributed by atoms with Crippen molar-refractivity contribution < 1.29 is 9.53 Å². The zero-order chi connectivity index (χ0) is 14.6. The largest absolute Gasteiger partial charge is 0.373 e. The lowest BCUT2D eigenvalue weighted by Crippen LogP contribution is -2.44. The van der Waals surface area contributed by atoms with Gasteiger partial charge < -0.3 is 15.8 Å². The highest BCUT2D eigenvalue weighted by Gasteiger charge is 2.26. The Labute approximate surface area is 112 Å². The second-order valence-electron chi connectivity index (χ2n) is 6.81. The summed E-state index contributed by atoms with van der Waals surface area (Å²) in [5.74, 6) is 0.456. The molecule has 0 aromatic carbocycles. The summed E-state index contributed by atoms with van der Waals surface area (Å²) in [6, 6.07) is 0.180. The fraction of sp³-hybridized carbons (Fsp3) is 0.929. The Morgan fingerprint density at radius 2 is 1.72 bits per heavy atom. The highest BCUT2D eigenvalue weighted by Crippen LogP contribution is 2.16. The summed E-state index contributed by atoms with van der Waals surface area (Å²) in [6.45, 7) is 14.3. The molecule has 0 fully saturated rings. The van der Waals surface area contributed by atoms with Crippen molar-refractivity contribution in [3.63, 3.8) is 0 Å². The number of hydrogen-bond acceptors (Lipinski definition) is 3. The first-order chi connectivity index (χ1) is 7.93. The second kappa shape index (κ2) is 6.53. The molecule has 4 nitrogen and oxygen atoms in total. The van der Waals surface area contributed by atoms with Gasteiger partial charge in [-0.1, -0.05) is 13.8 Å². The monoisotopic (exact) mass is 258 g/mol. The van der Waals surface area contributed by atoms with Crippen LogP contribution in [0.5, 0.6) is 0 Å². The molecule has 1 amide bonds. The van der Waals surface area contributed by atoms with E-state index in [0.717, 1.165) is 0 Å². The van der Waals surface area contributed by atoms with Crippen LogP contribution in [0, 0.1) is 5.92 Å². The lowest BCUT2D eigenvalue weighted by molar-refractivity contribution is -0.129. The number of carbonyl (C=O) groups is 1. The summed E-state index contributed by atoms with van der Waals surface area (Å²) in [7, 11) is 0. The number of ether oxygens (including phenoxy) is 1. The van der Waals surface area contributed by atoms with E-state index >= 15 is 0 Å². The first-order valence-corrected chi connectivity index (χ1v) is 6.65. The van der Waals surface area contributed by atoms with Crippen molar-refractivity contribution in [1.29, 1.82) is 0 Å². The van der Waals surface area contributed by atoms with Crippen molar-refractivity contribution >= 4 is 5.91 Å². The first-order valence-electron chi connectivity index (χ1n) is 6.65. The van der Waals surface area contributed by atoms with Gasteiger partial charge in [-0.3, -0.25) is 4.79 Å². The summed E-state index contributed by atoms with van der Waals surface area (Å²) >= 11 is 0. The van der Waals surface area contributed by atoms with Gasteiger partial charge in [-0.05, 0) is 40.5 Å². The van der Waals surface area contributed by atoms with Gasteiger partial charge in [0.05, 0.1) is 18.6 Å². The maximum Gasteiger partial charge on any atom is 0.223 e. The Hall–Kier alpha value is -0.610. The standard InChI is InChI=1S/C14H30N2O2/c1-10(2)11(3)16-12(17)8-14(6,7)18-9-13(4,5)15/h10-11H,8-9,15H2,1-7H3,(H,16,17). The molecular formula is C14H30N2O2. The molecule has 0 rings (SSSR count). The Kier molecular flexibility index (Phi) is 6.30. The fourth-order valence-corrected chi connectivity index (χ4v) is 1.29. The van der Waals surface area contributed by atoms with E-state index in [2.05, 4.69) is 19.2 Å². The molecule has 0 spiro atoms. The Morgan fingerprint density at radius 3 is 2.11 bits per heavy atom. The van der Waals surface area contributed by atoms with Crippen LogP contribution >= 0.6 is 0 Å². The highest BCUT2D eigenvalue weighted by molar-refractivity contribution is 5.77. The number of rotatable bonds is 7. The van der Waals surface area contributed by atoms with E-state index in [1.165, 1.54) is 0 Å². The third-order valence-corrected chi connectivity index (χ3v) is 2.81. The van der Waals surface area contributed by atoms with Gasteiger partial charge in [-0.25, -0.2) is 0 Å². The SMILES string of the molecule is CC(C)C(C)NC(=O)CC(C)(C)OCC(C)(C)N. The van der Waals surface area contributed by atoms with Gasteiger partial charge >= 0.3 is 0 Å². The molecule has 0 aliphatic heterocycles. The molecule has 0 saturated heterocycles. The predicted molar refractivity (Wildman–Crippen MR) is 75.4 cm³/mol. The van der Waals surface area contributed by atoms with Crippen molar-refractivity contribution in [2.75, 3.05) is 6.61 Å². The first kappa shape index (κ1) is 17.4. The molecule has 0 aliphatic carbocycles. The Bertz CT molecular complexity index is 267. The van der Waals surface area contributed by atoms with Crippen molar-refractivity contribution in [2.45, 2.75) is 72.1 Å². The van der Waals surface area contributed by atoms with Crippen LogP contribution in [0.2, 0.25) is 0 Å². The Balaban J connectivity index is 4.19. The molecule has 1 atom stereocenters. The predicted octanol–water partition coefficient (Wildman–Crippen LogP) is 2.07. The maximum absolute atomic E-state index is 11.9. The molecule has 0 aromatic heterocycles. The van der Waals surface area contributed by atoms with Crippen LogP contribution in [0.3, 0.4) is 0 Å². The third-order valence-electron chi connectivity index (χ3n) is 2.81. The molecule has 0 bridgehead atoms. The highest BCUT2D eigenvalue weighted by atomic mass is 16.5. The molecule has 1 unspecified atom stereocenters.